The molecule has 5 heteroatoms. The summed E-state index contributed by atoms with van der Waals surface area (Å²) >= 11 is 1.32. The molecule has 0 fully saturated rings. The van der Waals surface area contributed by atoms with Crippen molar-refractivity contribution in [1.29, 1.82) is 0 Å². The monoisotopic (exact) mass is 255 g/mol. The molecule has 0 amide bonds. The number of hydrogen-bond acceptors (Lipinski definition) is 5. The molecule has 0 aliphatic heterocycles. The van der Waals surface area contributed by atoms with Crippen molar-refractivity contribution in [3.63, 3.8) is 0 Å². The summed E-state index contributed by atoms with van der Waals surface area (Å²) in [5, 5.41) is 1.82. The fraction of sp³-hybridized carbons (Fsp3) is 0.417. The summed E-state index contributed by atoms with van der Waals surface area (Å²) < 4.78 is 10.2. The van der Waals surface area contributed by atoms with Crippen molar-refractivity contribution in [3.05, 3.63) is 28.5 Å². The molecule has 4 nitrogen and oxygen atoms in total. The molecule has 0 saturated carbocycles. The first kappa shape index (κ1) is 13.7. The Labute approximate surface area is 105 Å². The molecule has 0 aliphatic rings. The molecule has 0 spiro atoms. The van der Waals surface area contributed by atoms with Crippen LogP contribution in [0.25, 0.3) is 0 Å². The summed E-state index contributed by atoms with van der Waals surface area (Å²) in [5.41, 5.74) is 5.32. The van der Waals surface area contributed by atoms with Gasteiger partial charge in [0.1, 0.15) is 5.75 Å². The highest BCUT2D eigenvalue weighted by atomic mass is 32.1. The molecule has 0 radical (unpaired) electrons. The van der Waals surface area contributed by atoms with Crippen LogP contribution in [0.4, 0.5) is 0 Å². The molecular formula is C12H17NO3S. The van der Waals surface area contributed by atoms with E-state index in [0.717, 1.165) is 12.8 Å². The average Bonchev–Trinajstić information content (AvgIpc) is 2.81. The fourth-order valence-electron chi connectivity index (χ4n) is 1.25. The largest absolute Gasteiger partial charge is 0.492 e. The third-order valence-corrected chi connectivity index (χ3v) is 2.95. The Morgan fingerprint density at radius 3 is 3.06 bits per heavy atom. The quantitative estimate of drug-likeness (QED) is 0.461. The zero-order chi connectivity index (χ0) is 12.5. The third-order valence-electron chi connectivity index (χ3n) is 2.08. The molecule has 0 saturated heterocycles. The highest BCUT2D eigenvalue weighted by molar-refractivity contribution is 7.12. The molecule has 0 aliphatic carbocycles. The molecule has 0 atom stereocenters. The minimum Gasteiger partial charge on any atom is -0.492 e. The number of hydrogen-bond donors (Lipinski definition) is 1. The second-order valence-corrected chi connectivity index (χ2v) is 4.22. The molecule has 17 heavy (non-hydrogen) atoms. The van der Waals surface area contributed by atoms with Gasteiger partial charge < -0.3 is 15.2 Å². The first-order chi connectivity index (χ1) is 8.29. The lowest BCUT2D eigenvalue weighted by atomic mass is 10.3. The summed E-state index contributed by atoms with van der Waals surface area (Å²) in [6.07, 6.45) is 5.77. The van der Waals surface area contributed by atoms with Crippen LogP contribution in [0.15, 0.2) is 23.6 Å². The zero-order valence-electron chi connectivity index (χ0n) is 9.85. The normalized spacial score (nSPS) is 10.7. The molecule has 1 aromatic rings. The fourth-order valence-corrected chi connectivity index (χ4v) is 2.00. The van der Waals surface area contributed by atoms with Crippen molar-refractivity contribution in [2.45, 2.75) is 12.8 Å². The molecule has 1 rings (SSSR count). The minimum absolute atomic E-state index is 0.349. The summed E-state index contributed by atoms with van der Waals surface area (Å²) in [6, 6.07) is 1.78. The van der Waals surface area contributed by atoms with Gasteiger partial charge in [0, 0.05) is 6.54 Å². The van der Waals surface area contributed by atoms with Crippen LogP contribution >= 0.6 is 11.3 Å². The van der Waals surface area contributed by atoms with Gasteiger partial charge in [-0.1, -0.05) is 12.2 Å². The van der Waals surface area contributed by atoms with Gasteiger partial charge in [0.05, 0.1) is 13.7 Å². The number of methoxy groups -OCH3 is 1. The Kier molecular flexibility index (Phi) is 6.35. The van der Waals surface area contributed by atoms with E-state index in [0.29, 0.717) is 23.8 Å². The average molecular weight is 255 g/mol. The molecule has 94 valence electrons. The van der Waals surface area contributed by atoms with Crippen molar-refractivity contribution in [1.82, 2.24) is 0 Å². The lowest BCUT2D eigenvalue weighted by molar-refractivity contribution is 0.0602. The minimum atomic E-state index is -0.349. The van der Waals surface area contributed by atoms with E-state index in [-0.39, 0.29) is 5.97 Å². The van der Waals surface area contributed by atoms with E-state index >= 15 is 0 Å². The molecule has 0 bridgehead atoms. The summed E-state index contributed by atoms with van der Waals surface area (Å²) in [5.74, 6) is 0.252. The van der Waals surface area contributed by atoms with Crippen LogP contribution in [0, 0.1) is 0 Å². The smallest absolute Gasteiger partial charge is 0.351 e. The van der Waals surface area contributed by atoms with E-state index in [1.165, 1.54) is 18.4 Å². The topological polar surface area (TPSA) is 61.5 Å². The Bertz CT molecular complexity index is 374. The van der Waals surface area contributed by atoms with Gasteiger partial charge in [0.2, 0.25) is 0 Å². The Balaban J connectivity index is 2.34. The molecule has 1 aromatic heterocycles. The predicted octanol–water partition coefficient (Wildman–Crippen LogP) is 2.21. The Hall–Kier alpha value is -1.33. The van der Waals surface area contributed by atoms with Crippen molar-refractivity contribution < 1.29 is 14.3 Å². The summed E-state index contributed by atoms with van der Waals surface area (Å²) in [7, 11) is 1.36. The third kappa shape index (κ3) is 4.58. The van der Waals surface area contributed by atoms with Crippen LogP contribution in [0.2, 0.25) is 0 Å². The number of esters is 1. The van der Waals surface area contributed by atoms with Gasteiger partial charge in [-0.25, -0.2) is 4.79 Å². The maximum Gasteiger partial charge on any atom is 0.351 e. The number of rotatable bonds is 7. The van der Waals surface area contributed by atoms with E-state index in [1.54, 1.807) is 6.07 Å². The second kappa shape index (κ2) is 7.86. The number of nitrogens with two attached hydrogens (primary N) is 1. The van der Waals surface area contributed by atoms with Gasteiger partial charge in [-0.05, 0) is 24.3 Å². The van der Waals surface area contributed by atoms with Crippen molar-refractivity contribution in [2.75, 3.05) is 20.3 Å². The number of ether oxygens (including phenoxy) is 2. The van der Waals surface area contributed by atoms with Gasteiger partial charge in [-0.3, -0.25) is 0 Å². The van der Waals surface area contributed by atoms with E-state index < -0.39 is 0 Å². The van der Waals surface area contributed by atoms with Crippen LogP contribution in [-0.2, 0) is 4.74 Å². The van der Waals surface area contributed by atoms with Gasteiger partial charge in [-0.2, -0.15) is 0 Å². The van der Waals surface area contributed by atoms with Crippen LogP contribution in [-0.4, -0.2) is 26.2 Å². The number of unbranched alkanes of at least 4 members (excludes halogenated alkanes) is 1. The first-order valence-electron chi connectivity index (χ1n) is 5.43. The van der Waals surface area contributed by atoms with Crippen LogP contribution < -0.4 is 10.5 Å². The number of allylic oxidation sites excluding steroid dienone is 1. The maximum atomic E-state index is 11.4. The van der Waals surface area contributed by atoms with Crippen LogP contribution in [0.1, 0.15) is 22.5 Å². The van der Waals surface area contributed by atoms with Crippen molar-refractivity contribution in [2.24, 2.45) is 5.73 Å². The molecule has 1 heterocycles. The van der Waals surface area contributed by atoms with Gasteiger partial charge in [0.15, 0.2) is 4.88 Å². The van der Waals surface area contributed by atoms with E-state index in [1.807, 2.05) is 17.5 Å². The van der Waals surface area contributed by atoms with Crippen molar-refractivity contribution in [3.8, 4) is 5.75 Å². The predicted molar refractivity (Wildman–Crippen MR) is 68.6 cm³/mol. The second-order valence-electron chi connectivity index (χ2n) is 3.30. The van der Waals surface area contributed by atoms with E-state index in [4.69, 9.17) is 10.5 Å². The number of thiophene rings is 1. The Morgan fingerprint density at radius 2 is 2.35 bits per heavy atom. The highest BCUT2D eigenvalue weighted by Gasteiger charge is 2.14. The van der Waals surface area contributed by atoms with Gasteiger partial charge >= 0.3 is 5.97 Å². The molecule has 0 unspecified atom stereocenters. The molecular weight excluding hydrogens is 238 g/mol. The molecule has 0 aromatic carbocycles. The van der Waals surface area contributed by atoms with Gasteiger partial charge in [0.25, 0.3) is 0 Å². The zero-order valence-corrected chi connectivity index (χ0v) is 10.7. The number of carbonyl (C=O) groups excluding carboxylic acids is 1. The lowest BCUT2D eigenvalue weighted by Crippen LogP contribution is -2.03. The van der Waals surface area contributed by atoms with Crippen LogP contribution in [0.5, 0.6) is 5.75 Å². The first-order valence-corrected chi connectivity index (χ1v) is 6.31. The van der Waals surface area contributed by atoms with E-state index in [9.17, 15) is 4.79 Å². The summed E-state index contributed by atoms with van der Waals surface area (Å²) in [4.78, 5) is 11.9. The molecule has 2 N–H and O–H groups in total. The maximum absolute atomic E-state index is 11.4. The Morgan fingerprint density at radius 1 is 1.53 bits per heavy atom. The number of carbonyl (C=O) groups is 1. The van der Waals surface area contributed by atoms with Gasteiger partial charge in [-0.15, -0.1) is 11.3 Å². The van der Waals surface area contributed by atoms with Crippen LogP contribution in [0.3, 0.4) is 0 Å². The standard InChI is InChI=1S/C12H17NO3S/c1-15-12(14)11-10(6-9-17-11)16-8-5-3-2-4-7-13/h2,4,6,9H,3,5,7-8,13H2,1H3. The van der Waals surface area contributed by atoms with Crippen molar-refractivity contribution >= 4 is 17.3 Å². The summed E-state index contributed by atoms with van der Waals surface area (Å²) in [6.45, 7) is 1.15. The highest BCUT2D eigenvalue weighted by Crippen LogP contribution is 2.25. The van der Waals surface area contributed by atoms with E-state index in [2.05, 4.69) is 4.74 Å². The SMILES string of the molecule is COC(=O)c1sccc1OCCCC=CCN. The lowest BCUT2D eigenvalue weighted by Gasteiger charge is -2.04.